The van der Waals surface area contributed by atoms with Crippen molar-refractivity contribution in [3.63, 3.8) is 0 Å². The molecule has 0 atom stereocenters. The molecule has 0 N–H and O–H groups in total. The normalized spacial score (nSPS) is 15.0. The second-order valence-corrected chi connectivity index (χ2v) is 7.63. The van der Waals surface area contributed by atoms with Crippen LogP contribution >= 0.6 is 0 Å². The quantitative estimate of drug-likeness (QED) is 0.451. The summed E-state index contributed by atoms with van der Waals surface area (Å²) < 4.78 is 0. The summed E-state index contributed by atoms with van der Waals surface area (Å²) in [6.45, 7) is 0. The maximum absolute atomic E-state index is 13.0. The van der Waals surface area contributed by atoms with E-state index in [4.69, 9.17) is 0 Å². The Kier molecular flexibility index (Phi) is 3.67. The Hall–Kier alpha value is -4.58. The predicted molar refractivity (Wildman–Crippen MR) is 119 cm³/mol. The first kappa shape index (κ1) is 18.2. The molecule has 0 fully saturated rings. The number of fused-ring (bicyclic) bond motifs is 3. The predicted octanol–water partition coefficient (Wildman–Crippen LogP) is 4.44. The van der Waals surface area contributed by atoms with Gasteiger partial charge in [-0.25, -0.2) is 9.80 Å². The highest BCUT2D eigenvalue weighted by Gasteiger charge is 2.39. The lowest BCUT2D eigenvalue weighted by Gasteiger charge is -2.20. The molecule has 6 rings (SSSR count). The number of benzene rings is 4. The average molecular weight is 418 g/mol. The molecular formula is C26H14N2O4. The molecule has 0 radical (unpaired) electrons. The molecule has 4 aromatic carbocycles. The number of anilines is 2. The van der Waals surface area contributed by atoms with Gasteiger partial charge < -0.3 is 0 Å². The molecule has 4 amide bonds. The van der Waals surface area contributed by atoms with Crippen LogP contribution in [-0.2, 0) is 0 Å². The van der Waals surface area contributed by atoms with E-state index in [1.807, 2.05) is 0 Å². The van der Waals surface area contributed by atoms with Gasteiger partial charge in [0.25, 0.3) is 23.6 Å². The van der Waals surface area contributed by atoms with Gasteiger partial charge in [-0.05, 0) is 36.4 Å². The van der Waals surface area contributed by atoms with E-state index >= 15 is 0 Å². The molecule has 6 nitrogen and oxygen atoms in total. The molecule has 0 bridgehead atoms. The first-order chi connectivity index (χ1) is 15.6. The molecule has 2 heterocycles. The number of nitrogens with zero attached hydrogens (tertiary/aromatic N) is 2. The summed E-state index contributed by atoms with van der Waals surface area (Å²) in [5, 5.41) is 1.19. The third-order valence-corrected chi connectivity index (χ3v) is 5.95. The van der Waals surface area contributed by atoms with Gasteiger partial charge in [-0.15, -0.1) is 0 Å². The summed E-state index contributed by atoms with van der Waals surface area (Å²) in [7, 11) is 0. The molecule has 32 heavy (non-hydrogen) atoms. The van der Waals surface area contributed by atoms with Crippen molar-refractivity contribution in [2.75, 3.05) is 9.80 Å². The van der Waals surface area contributed by atoms with Gasteiger partial charge in [0.1, 0.15) is 0 Å². The largest absolute Gasteiger partial charge is 0.268 e. The van der Waals surface area contributed by atoms with Gasteiger partial charge in [0, 0.05) is 10.8 Å². The molecule has 0 aliphatic carbocycles. The van der Waals surface area contributed by atoms with Crippen LogP contribution in [0.4, 0.5) is 11.4 Å². The molecule has 2 aliphatic rings. The van der Waals surface area contributed by atoms with Crippen molar-refractivity contribution in [1.82, 2.24) is 0 Å². The van der Waals surface area contributed by atoms with Crippen LogP contribution in [0.15, 0.2) is 84.9 Å². The maximum atomic E-state index is 13.0. The van der Waals surface area contributed by atoms with Crippen LogP contribution in [-0.4, -0.2) is 23.6 Å². The molecule has 0 spiro atoms. The monoisotopic (exact) mass is 418 g/mol. The number of rotatable bonds is 2. The molecular weight excluding hydrogens is 404 g/mol. The Balaban J connectivity index is 1.52. The first-order valence-electron chi connectivity index (χ1n) is 10.1. The zero-order valence-electron chi connectivity index (χ0n) is 16.6. The summed E-state index contributed by atoms with van der Waals surface area (Å²) in [5.74, 6) is -1.60. The van der Waals surface area contributed by atoms with Gasteiger partial charge in [-0.3, -0.25) is 19.2 Å². The van der Waals surface area contributed by atoms with E-state index in [2.05, 4.69) is 0 Å². The molecule has 6 heteroatoms. The number of carbonyl (C=O) groups is 4. The number of hydrogen-bond acceptors (Lipinski definition) is 4. The van der Waals surface area contributed by atoms with Crippen LogP contribution in [0.2, 0.25) is 0 Å². The van der Waals surface area contributed by atoms with Crippen molar-refractivity contribution >= 4 is 45.8 Å². The van der Waals surface area contributed by atoms with Gasteiger partial charge in [-0.2, -0.15) is 0 Å². The van der Waals surface area contributed by atoms with Gasteiger partial charge >= 0.3 is 0 Å². The molecule has 0 unspecified atom stereocenters. The standard InChI is InChI=1S/C26H14N2O4/c29-23-17-7-1-2-8-18(17)24(30)27(23)21-13-5-12-16-15(21)11-6-14-22(16)28-25(31)19-9-3-4-10-20(19)26(28)32/h1-14H. The van der Waals surface area contributed by atoms with Gasteiger partial charge in [0.05, 0.1) is 33.6 Å². The fourth-order valence-electron chi connectivity index (χ4n) is 4.48. The van der Waals surface area contributed by atoms with Crippen LogP contribution < -0.4 is 9.80 Å². The van der Waals surface area contributed by atoms with Gasteiger partial charge in [-0.1, -0.05) is 48.5 Å². The molecule has 2 aliphatic heterocycles. The van der Waals surface area contributed by atoms with Crippen LogP contribution in [0.3, 0.4) is 0 Å². The topological polar surface area (TPSA) is 74.8 Å². The van der Waals surface area contributed by atoms with Gasteiger partial charge in [0.2, 0.25) is 0 Å². The van der Waals surface area contributed by atoms with Crippen LogP contribution in [0.5, 0.6) is 0 Å². The molecule has 152 valence electrons. The third-order valence-electron chi connectivity index (χ3n) is 5.95. The van der Waals surface area contributed by atoms with Crippen molar-refractivity contribution < 1.29 is 19.2 Å². The van der Waals surface area contributed by atoms with Crippen LogP contribution in [0.1, 0.15) is 41.4 Å². The highest BCUT2D eigenvalue weighted by molar-refractivity contribution is 6.38. The van der Waals surface area contributed by atoms with Gasteiger partial charge in [0.15, 0.2) is 0 Å². The number of imide groups is 2. The number of carbonyl (C=O) groups excluding carboxylic acids is 4. The Morgan fingerprint density at radius 1 is 0.375 bits per heavy atom. The molecule has 0 saturated carbocycles. The SMILES string of the molecule is O=C1c2ccccc2C(=O)N1c1cccc2c(N3C(=O)c4ccccc4C3=O)cccc12. The minimum atomic E-state index is -0.399. The lowest BCUT2D eigenvalue weighted by molar-refractivity contribution is 0.0910. The number of hydrogen-bond donors (Lipinski definition) is 0. The lowest BCUT2D eigenvalue weighted by atomic mass is 10.0. The smallest absolute Gasteiger partial charge is 0.266 e. The van der Waals surface area contributed by atoms with E-state index in [0.29, 0.717) is 44.4 Å². The van der Waals surface area contributed by atoms with E-state index in [0.717, 1.165) is 9.80 Å². The summed E-state index contributed by atoms with van der Waals surface area (Å²) in [6, 6.07) is 23.7. The number of amides is 4. The Bertz CT molecular complexity index is 1340. The zero-order chi connectivity index (χ0) is 22.0. The van der Waals surface area contributed by atoms with E-state index in [9.17, 15) is 19.2 Å². The maximum Gasteiger partial charge on any atom is 0.266 e. The Morgan fingerprint density at radius 3 is 1.00 bits per heavy atom. The Labute approximate surface area is 182 Å². The van der Waals surface area contributed by atoms with Crippen molar-refractivity contribution in [3.8, 4) is 0 Å². The second kappa shape index (κ2) is 6.46. The van der Waals surface area contributed by atoms with Crippen LogP contribution in [0, 0.1) is 0 Å². The molecule has 4 aromatic rings. The average Bonchev–Trinajstić information content (AvgIpc) is 3.23. The summed E-state index contributed by atoms with van der Waals surface area (Å²) in [5.41, 5.74) is 2.23. The molecule has 0 saturated heterocycles. The summed E-state index contributed by atoms with van der Waals surface area (Å²) in [6.07, 6.45) is 0. The van der Waals surface area contributed by atoms with Crippen molar-refractivity contribution in [3.05, 3.63) is 107 Å². The second-order valence-electron chi connectivity index (χ2n) is 7.63. The summed E-state index contributed by atoms with van der Waals surface area (Å²) in [4.78, 5) is 54.4. The minimum absolute atomic E-state index is 0.353. The zero-order valence-corrected chi connectivity index (χ0v) is 16.6. The lowest BCUT2D eigenvalue weighted by Crippen LogP contribution is -2.30. The Morgan fingerprint density at radius 2 is 0.688 bits per heavy atom. The van der Waals surface area contributed by atoms with Crippen molar-refractivity contribution in [2.24, 2.45) is 0 Å². The summed E-state index contributed by atoms with van der Waals surface area (Å²) >= 11 is 0. The van der Waals surface area contributed by atoms with Crippen molar-refractivity contribution in [1.29, 1.82) is 0 Å². The van der Waals surface area contributed by atoms with E-state index < -0.39 is 23.6 Å². The first-order valence-corrected chi connectivity index (χ1v) is 10.1. The molecule has 0 aromatic heterocycles. The fourth-order valence-corrected chi connectivity index (χ4v) is 4.48. The van der Waals surface area contributed by atoms with E-state index in [1.165, 1.54) is 0 Å². The van der Waals surface area contributed by atoms with E-state index in [-0.39, 0.29) is 0 Å². The van der Waals surface area contributed by atoms with E-state index in [1.54, 1.807) is 84.9 Å². The minimum Gasteiger partial charge on any atom is -0.268 e. The highest BCUT2D eigenvalue weighted by atomic mass is 16.2. The fraction of sp³-hybridized carbons (Fsp3) is 0. The third kappa shape index (κ3) is 2.29. The highest BCUT2D eigenvalue weighted by Crippen LogP contribution is 2.39. The van der Waals surface area contributed by atoms with Crippen LogP contribution in [0.25, 0.3) is 10.8 Å². The van der Waals surface area contributed by atoms with Crippen molar-refractivity contribution in [2.45, 2.75) is 0 Å².